The van der Waals surface area contributed by atoms with E-state index in [0.29, 0.717) is 22.9 Å². The number of rotatable bonds is 4. The molecule has 1 aromatic rings. The van der Waals surface area contributed by atoms with Crippen LogP contribution >= 0.6 is 0 Å². The van der Waals surface area contributed by atoms with E-state index in [4.69, 9.17) is 10.5 Å². The van der Waals surface area contributed by atoms with E-state index in [1.54, 1.807) is 18.2 Å². The van der Waals surface area contributed by atoms with Gasteiger partial charge in [0.05, 0.1) is 18.4 Å². The zero-order chi connectivity index (χ0) is 13.8. The minimum atomic E-state index is -0.108. The molecule has 104 valence electrons. The Morgan fingerprint density at radius 2 is 2.26 bits per heavy atom. The molecule has 4 nitrogen and oxygen atoms in total. The number of nitrogens with two attached hydrogens (primary N) is 1. The molecule has 19 heavy (non-hydrogen) atoms. The van der Waals surface area contributed by atoms with Gasteiger partial charge in [0.25, 0.3) is 5.91 Å². The fourth-order valence-corrected chi connectivity index (χ4v) is 2.80. The molecule has 1 aromatic carbocycles. The van der Waals surface area contributed by atoms with Crippen molar-refractivity contribution >= 4 is 11.6 Å². The minimum Gasteiger partial charge on any atom is -0.494 e. The lowest BCUT2D eigenvalue weighted by Crippen LogP contribution is -2.28. The van der Waals surface area contributed by atoms with Gasteiger partial charge in [0.2, 0.25) is 0 Å². The van der Waals surface area contributed by atoms with Crippen LogP contribution in [-0.2, 0) is 0 Å². The van der Waals surface area contributed by atoms with E-state index in [9.17, 15) is 4.79 Å². The highest BCUT2D eigenvalue weighted by Crippen LogP contribution is 2.30. The maximum absolute atomic E-state index is 12.2. The number of amides is 1. The van der Waals surface area contributed by atoms with E-state index >= 15 is 0 Å². The van der Waals surface area contributed by atoms with Gasteiger partial charge in [0.15, 0.2) is 5.75 Å². The molecule has 0 saturated heterocycles. The second-order valence-corrected chi connectivity index (χ2v) is 5.42. The monoisotopic (exact) mass is 262 g/mol. The number of hydrogen-bond acceptors (Lipinski definition) is 3. The Labute approximate surface area is 114 Å². The number of para-hydroxylation sites is 1. The summed E-state index contributed by atoms with van der Waals surface area (Å²) < 4.78 is 5.20. The smallest absolute Gasteiger partial charge is 0.255 e. The van der Waals surface area contributed by atoms with Crippen LogP contribution in [0, 0.1) is 11.8 Å². The van der Waals surface area contributed by atoms with Crippen LogP contribution in [0.25, 0.3) is 0 Å². The Kier molecular flexibility index (Phi) is 4.30. The Morgan fingerprint density at radius 3 is 2.89 bits per heavy atom. The number of carbonyl (C=O) groups excluding carboxylic acids is 1. The number of benzene rings is 1. The largest absolute Gasteiger partial charge is 0.494 e. The molecular weight excluding hydrogens is 240 g/mol. The number of methoxy groups -OCH3 is 1. The number of nitrogen functional groups attached to an aromatic ring is 1. The summed E-state index contributed by atoms with van der Waals surface area (Å²) in [6.45, 7) is 3.00. The fourth-order valence-electron chi connectivity index (χ4n) is 2.80. The fraction of sp³-hybridized carbons (Fsp3) is 0.533. The maximum atomic E-state index is 12.2. The molecule has 0 bridgehead atoms. The number of anilines is 1. The van der Waals surface area contributed by atoms with Crippen molar-refractivity contribution in [2.45, 2.75) is 26.2 Å². The van der Waals surface area contributed by atoms with Gasteiger partial charge in [-0.25, -0.2) is 0 Å². The molecule has 0 aliphatic heterocycles. The summed E-state index contributed by atoms with van der Waals surface area (Å²) in [5, 5.41) is 2.99. The second kappa shape index (κ2) is 5.95. The molecule has 1 fully saturated rings. The number of nitrogens with one attached hydrogen (secondary N) is 1. The van der Waals surface area contributed by atoms with Crippen LogP contribution in [0.4, 0.5) is 5.69 Å². The van der Waals surface area contributed by atoms with Gasteiger partial charge in [0.1, 0.15) is 0 Å². The first-order chi connectivity index (χ1) is 9.11. The lowest BCUT2D eigenvalue weighted by atomic mass is 10.1. The molecule has 3 N–H and O–H groups in total. The Morgan fingerprint density at radius 1 is 1.47 bits per heavy atom. The molecule has 0 aromatic heterocycles. The third-order valence-corrected chi connectivity index (χ3v) is 3.85. The summed E-state index contributed by atoms with van der Waals surface area (Å²) in [4.78, 5) is 12.2. The van der Waals surface area contributed by atoms with Crippen LogP contribution in [0.2, 0.25) is 0 Å². The van der Waals surface area contributed by atoms with Crippen LogP contribution in [0.3, 0.4) is 0 Å². The van der Waals surface area contributed by atoms with Crippen molar-refractivity contribution in [2.24, 2.45) is 11.8 Å². The first kappa shape index (κ1) is 13.7. The zero-order valence-electron chi connectivity index (χ0n) is 11.6. The SMILES string of the molecule is COc1c(N)cccc1C(=O)NCC1CCC(C)C1. The van der Waals surface area contributed by atoms with Crippen molar-refractivity contribution in [3.8, 4) is 5.75 Å². The van der Waals surface area contributed by atoms with Crippen molar-refractivity contribution in [1.29, 1.82) is 0 Å². The van der Waals surface area contributed by atoms with Crippen molar-refractivity contribution in [2.75, 3.05) is 19.4 Å². The predicted molar refractivity (Wildman–Crippen MR) is 76.2 cm³/mol. The molecule has 1 saturated carbocycles. The number of carbonyl (C=O) groups is 1. The van der Waals surface area contributed by atoms with E-state index in [2.05, 4.69) is 12.2 Å². The third kappa shape index (κ3) is 3.19. The van der Waals surface area contributed by atoms with Gasteiger partial charge < -0.3 is 15.8 Å². The average molecular weight is 262 g/mol. The van der Waals surface area contributed by atoms with Crippen LogP contribution in [-0.4, -0.2) is 19.6 Å². The van der Waals surface area contributed by atoms with Gasteiger partial charge in [0, 0.05) is 6.54 Å². The van der Waals surface area contributed by atoms with Crippen LogP contribution < -0.4 is 15.8 Å². The summed E-state index contributed by atoms with van der Waals surface area (Å²) in [6.07, 6.45) is 3.67. The van der Waals surface area contributed by atoms with Crippen molar-refractivity contribution < 1.29 is 9.53 Å². The molecule has 1 aliphatic carbocycles. The van der Waals surface area contributed by atoms with Crippen molar-refractivity contribution in [1.82, 2.24) is 5.32 Å². The van der Waals surface area contributed by atoms with Gasteiger partial charge in [-0.1, -0.05) is 19.4 Å². The van der Waals surface area contributed by atoms with E-state index in [0.717, 1.165) is 12.5 Å². The highest BCUT2D eigenvalue weighted by molar-refractivity contribution is 5.98. The van der Waals surface area contributed by atoms with E-state index in [1.807, 2.05) is 0 Å². The molecule has 1 aliphatic rings. The lowest BCUT2D eigenvalue weighted by molar-refractivity contribution is 0.0944. The molecule has 2 atom stereocenters. The van der Waals surface area contributed by atoms with Crippen LogP contribution in [0.5, 0.6) is 5.75 Å². The van der Waals surface area contributed by atoms with Gasteiger partial charge in [-0.15, -0.1) is 0 Å². The Hall–Kier alpha value is -1.71. The quantitative estimate of drug-likeness (QED) is 0.819. The predicted octanol–water partition coefficient (Wildman–Crippen LogP) is 2.44. The molecule has 1 amide bonds. The van der Waals surface area contributed by atoms with Gasteiger partial charge in [-0.05, 0) is 36.8 Å². The summed E-state index contributed by atoms with van der Waals surface area (Å²) >= 11 is 0. The summed E-state index contributed by atoms with van der Waals surface area (Å²) in [6, 6.07) is 5.24. The number of ether oxygens (including phenoxy) is 1. The topological polar surface area (TPSA) is 64.3 Å². The van der Waals surface area contributed by atoms with E-state index in [1.165, 1.54) is 26.4 Å². The summed E-state index contributed by atoms with van der Waals surface area (Å²) in [7, 11) is 1.53. The highest BCUT2D eigenvalue weighted by atomic mass is 16.5. The second-order valence-electron chi connectivity index (χ2n) is 5.42. The summed E-state index contributed by atoms with van der Waals surface area (Å²) in [5.74, 6) is 1.73. The molecule has 2 rings (SSSR count). The summed E-state index contributed by atoms with van der Waals surface area (Å²) in [5.41, 5.74) is 6.80. The van der Waals surface area contributed by atoms with Gasteiger partial charge in [-0.2, -0.15) is 0 Å². The van der Waals surface area contributed by atoms with Crippen LogP contribution in [0.15, 0.2) is 18.2 Å². The van der Waals surface area contributed by atoms with Gasteiger partial charge in [-0.3, -0.25) is 4.79 Å². The van der Waals surface area contributed by atoms with E-state index in [-0.39, 0.29) is 5.91 Å². The standard InChI is InChI=1S/C15H22N2O2/c1-10-6-7-11(8-10)9-17-15(18)12-4-3-5-13(16)14(12)19-2/h3-5,10-11H,6-9,16H2,1-2H3,(H,17,18). The first-order valence-electron chi connectivity index (χ1n) is 6.82. The normalized spacial score (nSPS) is 22.2. The van der Waals surface area contributed by atoms with Crippen LogP contribution in [0.1, 0.15) is 36.5 Å². The Bertz CT molecular complexity index is 459. The average Bonchev–Trinajstić information content (AvgIpc) is 2.81. The van der Waals surface area contributed by atoms with Gasteiger partial charge >= 0.3 is 0 Å². The van der Waals surface area contributed by atoms with E-state index < -0.39 is 0 Å². The molecular formula is C15H22N2O2. The number of hydrogen-bond donors (Lipinski definition) is 2. The zero-order valence-corrected chi connectivity index (χ0v) is 11.6. The molecule has 0 radical (unpaired) electrons. The minimum absolute atomic E-state index is 0.108. The molecule has 2 unspecified atom stereocenters. The molecule has 4 heteroatoms. The third-order valence-electron chi connectivity index (χ3n) is 3.85. The molecule has 0 spiro atoms. The maximum Gasteiger partial charge on any atom is 0.255 e. The van der Waals surface area contributed by atoms with Crippen molar-refractivity contribution in [3.05, 3.63) is 23.8 Å². The highest BCUT2D eigenvalue weighted by Gasteiger charge is 2.22. The first-order valence-corrected chi connectivity index (χ1v) is 6.82. The van der Waals surface area contributed by atoms with Crippen molar-refractivity contribution in [3.63, 3.8) is 0 Å². The Balaban J connectivity index is 1.98. The lowest BCUT2D eigenvalue weighted by Gasteiger charge is -2.14. The molecule has 0 heterocycles.